The van der Waals surface area contributed by atoms with Gasteiger partial charge in [0.05, 0.1) is 11.9 Å². The van der Waals surface area contributed by atoms with E-state index in [1.807, 2.05) is 0 Å². The molecule has 11 heavy (non-hydrogen) atoms. The van der Waals surface area contributed by atoms with E-state index in [-0.39, 0.29) is 0 Å². The molecule has 0 aliphatic carbocycles. The summed E-state index contributed by atoms with van der Waals surface area (Å²) >= 11 is 0. The lowest BCUT2D eigenvalue weighted by atomic mass is 10.3. The molecule has 0 spiro atoms. The third-order valence-electron chi connectivity index (χ3n) is 0.819. The van der Waals surface area contributed by atoms with Gasteiger partial charge < -0.3 is 25.1 Å². The van der Waals surface area contributed by atoms with Crippen LogP contribution in [-0.2, 0) is 14.4 Å². The zero-order valence-electron chi connectivity index (χ0n) is 5.62. The first-order chi connectivity index (χ1) is 4.95. The number of hydrogen-bond donors (Lipinski definition) is 1. The number of aliphatic carboxylic acids is 2. The van der Waals surface area contributed by atoms with Crippen LogP contribution >= 0.6 is 0 Å². The van der Waals surface area contributed by atoms with Gasteiger partial charge >= 0.3 is 0 Å². The van der Waals surface area contributed by atoms with Gasteiger partial charge in [0.15, 0.2) is 0 Å². The van der Waals surface area contributed by atoms with E-state index < -0.39 is 23.9 Å². The number of nitrogens with one attached hydrogen (secondary N) is 1. The summed E-state index contributed by atoms with van der Waals surface area (Å²) in [7, 11) is 0. The third-order valence-corrected chi connectivity index (χ3v) is 0.819. The summed E-state index contributed by atoms with van der Waals surface area (Å²) in [5.74, 6) is -4.58. The van der Waals surface area contributed by atoms with Crippen molar-refractivity contribution in [1.82, 2.24) is 5.32 Å². The Labute approximate surface area is 61.8 Å². The summed E-state index contributed by atoms with van der Waals surface area (Å²) in [5, 5.41) is 21.5. The molecule has 0 saturated heterocycles. The van der Waals surface area contributed by atoms with E-state index in [4.69, 9.17) is 0 Å². The van der Waals surface area contributed by atoms with Gasteiger partial charge in [0.2, 0.25) is 5.91 Å². The standard InChI is InChI=1S/C5H7NO5/c1-2(7)6-3(4(8)9)5(10)11/h3H,1H3,(H,6,7)(H,8,9)(H,10,11)/p-2. The van der Waals surface area contributed by atoms with E-state index in [2.05, 4.69) is 0 Å². The van der Waals surface area contributed by atoms with E-state index in [1.54, 1.807) is 5.32 Å². The SMILES string of the molecule is CC(=O)NC(C(=O)[O-])C(=O)[O-]. The summed E-state index contributed by atoms with van der Waals surface area (Å²) in [6, 6.07) is -2.08. The molecule has 6 heteroatoms. The molecule has 0 unspecified atom stereocenters. The molecule has 0 radical (unpaired) electrons. The smallest absolute Gasteiger partial charge is 0.217 e. The highest BCUT2D eigenvalue weighted by molar-refractivity contribution is 5.98. The normalized spacial score (nSPS) is 9.27. The van der Waals surface area contributed by atoms with Gasteiger partial charge in [-0.2, -0.15) is 0 Å². The van der Waals surface area contributed by atoms with Crippen molar-refractivity contribution in [2.24, 2.45) is 0 Å². The highest BCUT2D eigenvalue weighted by Gasteiger charge is 2.10. The van der Waals surface area contributed by atoms with Gasteiger partial charge in [-0.1, -0.05) is 0 Å². The maximum absolute atomic E-state index is 10.2. The molecule has 0 aromatic heterocycles. The Kier molecular flexibility index (Phi) is 3.03. The lowest BCUT2D eigenvalue weighted by Gasteiger charge is -2.18. The molecule has 0 fully saturated rings. The molecule has 62 valence electrons. The molecule has 0 aromatic carbocycles. The van der Waals surface area contributed by atoms with Crippen LogP contribution in [0.1, 0.15) is 6.92 Å². The summed E-state index contributed by atoms with van der Waals surface area (Å²) in [5.41, 5.74) is 0. The largest absolute Gasteiger partial charge is 0.547 e. The molecule has 1 amide bonds. The summed E-state index contributed by atoms with van der Waals surface area (Å²) in [6.45, 7) is 0.985. The molecule has 0 saturated carbocycles. The van der Waals surface area contributed by atoms with Crippen LogP contribution < -0.4 is 15.5 Å². The minimum absolute atomic E-state index is 0.775. The second-order valence-corrected chi connectivity index (χ2v) is 1.77. The summed E-state index contributed by atoms with van der Waals surface area (Å²) < 4.78 is 0. The van der Waals surface area contributed by atoms with Crippen LogP contribution in [0.15, 0.2) is 0 Å². The average molecular weight is 159 g/mol. The van der Waals surface area contributed by atoms with Crippen molar-refractivity contribution in [3.8, 4) is 0 Å². The molecule has 1 N–H and O–H groups in total. The second-order valence-electron chi connectivity index (χ2n) is 1.77. The van der Waals surface area contributed by atoms with Gasteiger partial charge in [0.1, 0.15) is 6.04 Å². The fraction of sp³-hybridized carbons (Fsp3) is 0.400. The lowest BCUT2D eigenvalue weighted by Crippen LogP contribution is -2.56. The van der Waals surface area contributed by atoms with Crippen LogP contribution in [0.2, 0.25) is 0 Å². The Morgan fingerprint density at radius 2 is 1.55 bits per heavy atom. The van der Waals surface area contributed by atoms with Crippen LogP contribution in [0.4, 0.5) is 0 Å². The first-order valence-corrected chi connectivity index (χ1v) is 2.64. The predicted molar refractivity (Wildman–Crippen MR) is 27.6 cm³/mol. The summed E-state index contributed by atoms with van der Waals surface area (Å²) in [6.07, 6.45) is 0. The van der Waals surface area contributed by atoms with Crippen LogP contribution in [-0.4, -0.2) is 23.9 Å². The fourth-order valence-corrected chi connectivity index (χ4v) is 0.417. The molecule has 0 aromatic rings. The molecule has 0 aliphatic heterocycles. The van der Waals surface area contributed by atoms with Crippen molar-refractivity contribution in [1.29, 1.82) is 0 Å². The molecule has 0 heterocycles. The molecule has 0 bridgehead atoms. The number of carbonyl (C=O) groups excluding carboxylic acids is 3. The third kappa shape index (κ3) is 3.19. The van der Waals surface area contributed by atoms with Crippen molar-refractivity contribution >= 4 is 17.8 Å². The molecule has 0 aliphatic rings. The molecular weight excluding hydrogens is 154 g/mol. The lowest BCUT2D eigenvalue weighted by molar-refractivity contribution is -0.326. The van der Waals surface area contributed by atoms with Crippen molar-refractivity contribution in [3.05, 3.63) is 0 Å². The highest BCUT2D eigenvalue weighted by atomic mass is 16.4. The van der Waals surface area contributed by atoms with Crippen LogP contribution in [0.3, 0.4) is 0 Å². The highest BCUT2D eigenvalue weighted by Crippen LogP contribution is 1.78. The Balaban J connectivity index is 4.23. The zero-order valence-corrected chi connectivity index (χ0v) is 5.62. The quantitative estimate of drug-likeness (QED) is 0.422. The van der Waals surface area contributed by atoms with Crippen LogP contribution in [0.5, 0.6) is 0 Å². The number of rotatable bonds is 3. The second kappa shape index (κ2) is 3.55. The van der Waals surface area contributed by atoms with Gasteiger partial charge in [-0.3, -0.25) is 4.79 Å². The van der Waals surface area contributed by atoms with Gasteiger partial charge in [0.25, 0.3) is 0 Å². The van der Waals surface area contributed by atoms with Gasteiger partial charge in [0, 0.05) is 6.92 Å². The Morgan fingerprint density at radius 3 is 1.64 bits per heavy atom. The zero-order chi connectivity index (χ0) is 9.02. The Hall–Kier alpha value is -1.59. The van der Waals surface area contributed by atoms with Crippen molar-refractivity contribution in [3.63, 3.8) is 0 Å². The maximum atomic E-state index is 10.2. The van der Waals surface area contributed by atoms with E-state index >= 15 is 0 Å². The predicted octanol–water partition coefficient (Wildman–Crippen LogP) is -4.01. The average Bonchev–Trinajstić information content (AvgIpc) is 1.81. The van der Waals surface area contributed by atoms with Gasteiger partial charge in [-0.25, -0.2) is 0 Å². The van der Waals surface area contributed by atoms with E-state index in [0.29, 0.717) is 0 Å². The number of hydrogen-bond acceptors (Lipinski definition) is 5. The van der Waals surface area contributed by atoms with Crippen LogP contribution in [0, 0.1) is 0 Å². The first kappa shape index (κ1) is 9.41. The van der Waals surface area contributed by atoms with Gasteiger partial charge in [-0.05, 0) is 0 Å². The van der Waals surface area contributed by atoms with Gasteiger partial charge in [-0.15, -0.1) is 0 Å². The Morgan fingerprint density at radius 1 is 1.18 bits per heavy atom. The monoisotopic (exact) mass is 159 g/mol. The Bertz CT molecular complexity index is 185. The van der Waals surface area contributed by atoms with Crippen LogP contribution in [0.25, 0.3) is 0 Å². The van der Waals surface area contributed by atoms with E-state index in [1.165, 1.54) is 0 Å². The first-order valence-electron chi connectivity index (χ1n) is 2.64. The van der Waals surface area contributed by atoms with E-state index in [0.717, 1.165) is 6.92 Å². The van der Waals surface area contributed by atoms with Crippen molar-refractivity contribution in [2.75, 3.05) is 0 Å². The number of carbonyl (C=O) groups is 3. The van der Waals surface area contributed by atoms with Crippen molar-refractivity contribution in [2.45, 2.75) is 13.0 Å². The molecule has 0 rings (SSSR count). The fourth-order valence-electron chi connectivity index (χ4n) is 0.417. The number of carboxylic acid groups (broad SMARTS) is 2. The summed E-state index contributed by atoms with van der Waals surface area (Å²) in [4.78, 5) is 30.0. The number of carboxylic acids is 2. The minimum Gasteiger partial charge on any atom is -0.547 e. The number of amides is 1. The minimum atomic E-state index is -2.08. The topological polar surface area (TPSA) is 109 Å². The van der Waals surface area contributed by atoms with Crippen molar-refractivity contribution < 1.29 is 24.6 Å². The van der Waals surface area contributed by atoms with E-state index in [9.17, 15) is 24.6 Å². The molecular formula is C5H5NO5-2. The maximum Gasteiger partial charge on any atom is 0.217 e. The molecule has 0 atom stereocenters. The molecule has 6 nitrogen and oxygen atoms in total.